The molecule has 9 nitrogen and oxygen atoms in total. The smallest absolute Gasteiger partial charge is 0.284 e. The van der Waals surface area contributed by atoms with E-state index >= 15 is 0 Å². The molecule has 1 aliphatic rings. The number of nitrogens with one attached hydrogen (secondary N) is 1. The Kier molecular flexibility index (Phi) is 7.25. The van der Waals surface area contributed by atoms with Crippen molar-refractivity contribution in [1.29, 1.82) is 0 Å². The summed E-state index contributed by atoms with van der Waals surface area (Å²) in [6.45, 7) is 3.43. The molecule has 0 bridgehead atoms. The molecular weight excluding hydrogens is 384 g/mol. The second-order valence-electron chi connectivity index (χ2n) is 7.05. The van der Waals surface area contributed by atoms with Gasteiger partial charge in [-0.15, -0.1) is 0 Å². The van der Waals surface area contributed by atoms with Gasteiger partial charge in [-0.3, -0.25) is 14.4 Å². The summed E-state index contributed by atoms with van der Waals surface area (Å²) in [4.78, 5) is 40.6. The molecule has 0 saturated carbocycles. The van der Waals surface area contributed by atoms with Gasteiger partial charge in [-0.1, -0.05) is 13.0 Å². The van der Waals surface area contributed by atoms with Crippen molar-refractivity contribution in [3.05, 3.63) is 24.4 Å². The summed E-state index contributed by atoms with van der Waals surface area (Å²) >= 11 is 0. The van der Waals surface area contributed by atoms with Crippen LogP contribution in [0.3, 0.4) is 0 Å². The predicted molar refractivity (Wildman–Crippen MR) is 101 cm³/mol. The fraction of sp³-hybridized carbons (Fsp3) is 0.556. The minimum atomic E-state index is -4.33. The van der Waals surface area contributed by atoms with E-state index in [1.807, 2.05) is 6.92 Å². The number of hydrogen-bond acceptors (Lipinski definition) is 7. The van der Waals surface area contributed by atoms with Crippen molar-refractivity contribution < 1.29 is 22.8 Å². The molecule has 2 heterocycles. The molecule has 0 spiro atoms. The van der Waals surface area contributed by atoms with Crippen molar-refractivity contribution in [2.45, 2.75) is 56.6 Å². The summed E-state index contributed by atoms with van der Waals surface area (Å²) in [5.41, 5.74) is 5.22. The lowest BCUT2D eigenvalue weighted by molar-refractivity contribution is -0.134. The Morgan fingerprint density at radius 1 is 1.36 bits per heavy atom. The van der Waals surface area contributed by atoms with E-state index in [1.54, 1.807) is 13.0 Å². The lowest BCUT2D eigenvalue weighted by Gasteiger charge is -2.29. The van der Waals surface area contributed by atoms with E-state index in [1.165, 1.54) is 18.3 Å². The highest BCUT2D eigenvalue weighted by Crippen LogP contribution is 2.24. The molecule has 10 heteroatoms. The molecule has 0 radical (unpaired) electrons. The van der Waals surface area contributed by atoms with Gasteiger partial charge in [-0.25, -0.2) is 9.29 Å². The standard InChI is InChI=1S/C18H26N4O5S/c1-12(18(19)25)6-9-17(24)22(14-8-7-13(2)21-11-15(14)23)28(26,27)16-5-3-4-10-20-16/h3-5,10,12-14,21H,6-9,11H2,1-2H3,(H2,19,25)/t12-,13+,14-/m0/s1. The number of nitrogens with zero attached hydrogens (tertiary/aromatic N) is 2. The van der Waals surface area contributed by atoms with Crippen LogP contribution < -0.4 is 11.1 Å². The van der Waals surface area contributed by atoms with E-state index in [2.05, 4.69) is 10.3 Å². The van der Waals surface area contributed by atoms with Crippen LogP contribution in [0.15, 0.2) is 29.4 Å². The normalized spacial score (nSPS) is 21.6. The predicted octanol–water partition coefficient (Wildman–Crippen LogP) is 0.210. The number of ketones is 1. The van der Waals surface area contributed by atoms with Gasteiger partial charge < -0.3 is 11.1 Å². The van der Waals surface area contributed by atoms with Gasteiger partial charge >= 0.3 is 0 Å². The fourth-order valence-corrected chi connectivity index (χ4v) is 4.54. The van der Waals surface area contributed by atoms with Crippen molar-refractivity contribution in [1.82, 2.24) is 14.6 Å². The number of hydrogen-bond donors (Lipinski definition) is 2. The number of carbonyl (C=O) groups excluding carboxylic acids is 3. The Morgan fingerprint density at radius 2 is 2.07 bits per heavy atom. The molecule has 1 fully saturated rings. The summed E-state index contributed by atoms with van der Waals surface area (Å²) in [6, 6.07) is 3.25. The zero-order valence-corrected chi connectivity index (χ0v) is 16.8. The molecule has 1 aromatic rings. The lowest BCUT2D eigenvalue weighted by atomic mass is 10.0. The molecule has 3 N–H and O–H groups in total. The molecule has 1 aliphatic heterocycles. The number of aromatic nitrogens is 1. The first-order valence-corrected chi connectivity index (χ1v) is 10.6. The monoisotopic (exact) mass is 410 g/mol. The average Bonchev–Trinajstić information content (AvgIpc) is 2.82. The number of nitrogens with two attached hydrogens (primary N) is 1. The van der Waals surface area contributed by atoms with Crippen molar-refractivity contribution >= 4 is 27.6 Å². The summed E-state index contributed by atoms with van der Waals surface area (Å²) in [5.74, 6) is -2.28. The van der Waals surface area contributed by atoms with Crippen LogP contribution in [-0.2, 0) is 24.4 Å². The van der Waals surface area contributed by atoms with Crippen molar-refractivity contribution in [2.75, 3.05) is 6.54 Å². The minimum Gasteiger partial charge on any atom is -0.369 e. The van der Waals surface area contributed by atoms with Gasteiger partial charge in [0.05, 0.1) is 6.54 Å². The van der Waals surface area contributed by atoms with Gasteiger partial charge in [0.2, 0.25) is 11.8 Å². The third-order valence-corrected chi connectivity index (χ3v) is 6.58. The number of primary amides is 1. The molecule has 28 heavy (non-hydrogen) atoms. The fourth-order valence-electron chi connectivity index (χ4n) is 2.98. The summed E-state index contributed by atoms with van der Waals surface area (Å²) in [7, 11) is -4.33. The van der Waals surface area contributed by atoms with E-state index in [4.69, 9.17) is 5.73 Å². The van der Waals surface area contributed by atoms with E-state index in [0.29, 0.717) is 10.7 Å². The van der Waals surface area contributed by atoms with Crippen LogP contribution in [0.1, 0.15) is 39.5 Å². The first-order chi connectivity index (χ1) is 13.1. The molecule has 3 atom stereocenters. The maximum atomic E-state index is 13.2. The lowest BCUT2D eigenvalue weighted by Crippen LogP contribution is -2.49. The van der Waals surface area contributed by atoms with Gasteiger partial charge in [0.15, 0.2) is 10.8 Å². The van der Waals surface area contributed by atoms with Crippen LogP contribution in [0.4, 0.5) is 0 Å². The molecular formula is C18H26N4O5S. The van der Waals surface area contributed by atoms with E-state index in [9.17, 15) is 22.8 Å². The topological polar surface area (TPSA) is 140 Å². The Balaban J connectivity index is 2.39. The summed E-state index contributed by atoms with van der Waals surface area (Å²) in [5, 5.41) is 2.71. The first kappa shape index (κ1) is 22.0. The molecule has 154 valence electrons. The molecule has 0 aliphatic carbocycles. The molecule has 2 rings (SSSR count). The maximum Gasteiger partial charge on any atom is 0.284 e. The van der Waals surface area contributed by atoms with Gasteiger partial charge in [-0.05, 0) is 38.3 Å². The van der Waals surface area contributed by atoms with Crippen LogP contribution in [0.25, 0.3) is 0 Å². The van der Waals surface area contributed by atoms with Gasteiger partial charge in [0, 0.05) is 24.6 Å². The number of Topliss-reactive ketones (excluding diaryl/α,β-unsaturated/α-hetero) is 1. The van der Waals surface area contributed by atoms with Gasteiger partial charge in [-0.2, -0.15) is 8.42 Å². The second-order valence-corrected chi connectivity index (χ2v) is 8.81. The van der Waals surface area contributed by atoms with Gasteiger partial charge in [0.25, 0.3) is 10.0 Å². The van der Waals surface area contributed by atoms with Crippen LogP contribution in [0.5, 0.6) is 0 Å². The highest BCUT2D eigenvalue weighted by atomic mass is 32.2. The van der Waals surface area contributed by atoms with Crippen molar-refractivity contribution in [3.63, 3.8) is 0 Å². The molecule has 0 aromatic carbocycles. The summed E-state index contributed by atoms with van der Waals surface area (Å²) in [6.07, 6.45) is 1.94. The van der Waals surface area contributed by atoms with E-state index in [0.717, 1.165) is 0 Å². The number of amides is 2. The Morgan fingerprint density at radius 3 is 2.68 bits per heavy atom. The Labute approximate surface area is 164 Å². The number of pyridine rings is 1. The maximum absolute atomic E-state index is 13.2. The van der Waals surface area contributed by atoms with Crippen LogP contribution in [0.2, 0.25) is 0 Å². The SMILES string of the molecule is C[C@@H]1CC[C@H](N(C(=O)CC[C@H](C)C(N)=O)S(=O)(=O)c2ccccn2)C(=O)CN1. The second kappa shape index (κ2) is 9.24. The van der Waals surface area contributed by atoms with Crippen molar-refractivity contribution in [3.8, 4) is 0 Å². The minimum absolute atomic E-state index is 0.0228. The van der Waals surface area contributed by atoms with Gasteiger partial charge in [0.1, 0.15) is 6.04 Å². The molecule has 2 amide bonds. The Hall–Kier alpha value is -2.33. The van der Waals surface area contributed by atoms with Crippen LogP contribution >= 0.6 is 0 Å². The highest BCUT2D eigenvalue weighted by molar-refractivity contribution is 7.89. The quantitative estimate of drug-likeness (QED) is 0.655. The van der Waals surface area contributed by atoms with Crippen LogP contribution in [-0.4, -0.2) is 53.9 Å². The number of carbonyl (C=O) groups is 3. The molecule has 1 saturated heterocycles. The van der Waals surface area contributed by atoms with Crippen LogP contribution in [0, 0.1) is 5.92 Å². The highest BCUT2D eigenvalue weighted by Gasteiger charge is 2.40. The van der Waals surface area contributed by atoms with Crippen molar-refractivity contribution in [2.24, 2.45) is 11.7 Å². The third-order valence-electron chi connectivity index (χ3n) is 4.84. The molecule has 1 aromatic heterocycles. The number of rotatable bonds is 7. The number of sulfonamides is 1. The zero-order valence-electron chi connectivity index (χ0n) is 16.0. The molecule has 0 unspecified atom stereocenters. The largest absolute Gasteiger partial charge is 0.369 e. The Bertz CT molecular complexity index is 828. The van der Waals surface area contributed by atoms with E-state index in [-0.39, 0.29) is 42.7 Å². The summed E-state index contributed by atoms with van der Waals surface area (Å²) < 4.78 is 27.0. The first-order valence-electron chi connectivity index (χ1n) is 9.18. The van der Waals surface area contributed by atoms with E-state index < -0.39 is 33.8 Å². The third kappa shape index (κ3) is 5.14. The average molecular weight is 410 g/mol. The zero-order chi connectivity index (χ0) is 20.9.